The summed E-state index contributed by atoms with van der Waals surface area (Å²) in [6.07, 6.45) is 3.25. The number of rotatable bonds is 3. The van der Waals surface area contributed by atoms with Crippen LogP contribution in [0, 0.1) is 25.2 Å². The third-order valence-electron chi connectivity index (χ3n) is 4.69. The number of aryl methyl sites for hydroxylation is 1. The molecule has 1 aromatic carbocycles. The highest BCUT2D eigenvalue weighted by Crippen LogP contribution is 2.46. The van der Waals surface area contributed by atoms with Gasteiger partial charge < -0.3 is 4.74 Å². The minimum Gasteiger partial charge on any atom is -0.496 e. The van der Waals surface area contributed by atoms with Crippen molar-refractivity contribution in [2.45, 2.75) is 47.0 Å². The molecule has 0 N–H and O–H groups in total. The van der Waals surface area contributed by atoms with Gasteiger partial charge in [0.2, 0.25) is 0 Å². The van der Waals surface area contributed by atoms with E-state index in [-0.39, 0.29) is 17.1 Å². The van der Waals surface area contributed by atoms with Crippen LogP contribution in [-0.2, 0) is 0 Å². The van der Waals surface area contributed by atoms with Crippen LogP contribution in [0.3, 0.4) is 0 Å². The quantitative estimate of drug-likeness (QED) is 0.718. The van der Waals surface area contributed by atoms with Gasteiger partial charge in [-0.05, 0) is 49.3 Å². The maximum atomic E-state index is 13.1. The topological polar surface area (TPSA) is 26.3 Å². The molecule has 20 heavy (non-hydrogen) atoms. The SMILES string of the molecule is COc1c(C)cc(Br)c(C)c1C(=O)C1CCCC1(C)C. The lowest BCUT2D eigenvalue weighted by Gasteiger charge is -2.27. The van der Waals surface area contributed by atoms with Crippen LogP contribution in [0.2, 0.25) is 0 Å². The Morgan fingerprint density at radius 1 is 1.40 bits per heavy atom. The Morgan fingerprint density at radius 3 is 2.55 bits per heavy atom. The van der Waals surface area contributed by atoms with Crippen molar-refractivity contribution in [1.82, 2.24) is 0 Å². The zero-order valence-electron chi connectivity index (χ0n) is 13.0. The number of Topliss-reactive ketones (excluding diaryl/α,β-unsaturated/α-hetero) is 1. The first kappa shape index (κ1) is 15.6. The predicted octanol–water partition coefficient (Wildman–Crippen LogP) is 5.08. The van der Waals surface area contributed by atoms with E-state index >= 15 is 0 Å². The molecular formula is C17H23BrO2. The molecule has 1 unspecified atom stereocenters. The standard InChI is InChI=1S/C17H23BrO2/c1-10-9-13(18)11(2)14(16(10)20-5)15(19)12-7-6-8-17(12,3)4/h9,12H,6-8H2,1-5H3. The summed E-state index contributed by atoms with van der Waals surface area (Å²) < 4.78 is 6.50. The molecule has 0 bridgehead atoms. The largest absolute Gasteiger partial charge is 0.496 e. The first-order valence-corrected chi connectivity index (χ1v) is 7.96. The second kappa shape index (κ2) is 5.51. The number of halogens is 1. The lowest BCUT2D eigenvalue weighted by molar-refractivity contribution is 0.0835. The second-order valence-electron chi connectivity index (χ2n) is 6.51. The molecule has 3 heteroatoms. The molecular weight excluding hydrogens is 316 g/mol. The van der Waals surface area contributed by atoms with Gasteiger partial charge in [-0.25, -0.2) is 0 Å². The summed E-state index contributed by atoms with van der Waals surface area (Å²) in [5.41, 5.74) is 2.84. The Bertz CT molecular complexity index is 546. The van der Waals surface area contributed by atoms with Crippen LogP contribution in [0.4, 0.5) is 0 Å². The number of carbonyl (C=O) groups is 1. The summed E-state index contributed by atoms with van der Waals surface area (Å²) in [6.45, 7) is 8.38. The number of hydrogen-bond donors (Lipinski definition) is 0. The lowest BCUT2D eigenvalue weighted by atomic mass is 9.76. The van der Waals surface area contributed by atoms with Crippen LogP contribution in [-0.4, -0.2) is 12.9 Å². The fourth-order valence-corrected chi connectivity index (χ4v) is 3.94. The van der Waals surface area contributed by atoms with Gasteiger partial charge in [0.05, 0.1) is 12.7 Å². The van der Waals surface area contributed by atoms with E-state index in [4.69, 9.17) is 4.74 Å². The van der Waals surface area contributed by atoms with E-state index < -0.39 is 0 Å². The first-order chi connectivity index (χ1) is 9.29. The van der Waals surface area contributed by atoms with E-state index in [2.05, 4.69) is 29.8 Å². The van der Waals surface area contributed by atoms with E-state index in [1.807, 2.05) is 19.9 Å². The average Bonchev–Trinajstić information content (AvgIpc) is 2.72. The molecule has 110 valence electrons. The Kier molecular flexibility index (Phi) is 4.29. The maximum Gasteiger partial charge on any atom is 0.170 e. The van der Waals surface area contributed by atoms with Crippen molar-refractivity contribution in [3.05, 3.63) is 27.2 Å². The van der Waals surface area contributed by atoms with Gasteiger partial charge in [0.1, 0.15) is 5.75 Å². The second-order valence-corrected chi connectivity index (χ2v) is 7.36. The summed E-state index contributed by atoms with van der Waals surface area (Å²) in [6, 6.07) is 2.02. The third kappa shape index (κ3) is 2.52. The lowest BCUT2D eigenvalue weighted by Crippen LogP contribution is -2.27. The Labute approximate surface area is 130 Å². The molecule has 0 radical (unpaired) electrons. The smallest absolute Gasteiger partial charge is 0.170 e. The van der Waals surface area contributed by atoms with Crippen molar-refractivity contribution in [3.63, 3.8) is 0 Å². The highest BCUT2D eigenvalue weighted by atomic mass is 79.9. The number of ketones is 1. The van der Waals surface area contributed by atoms with Crippen molar-refractivity contribution < 1.29 is 9.53 Å². The van der Waals surface area contributed by atoms with Crippen LogP contribution in [0.15, 0.2) is 10.5 Å². The van der Waals surface area contributed by atoms with Crippen LogP contribution in [0.1, 0.15) is 54.6 Å². The van der Waals surface area contributed by atoms with E-state index in [0.29, 0.717) is 0 Å². The van der Waals surface area contributed by atoms with Gasteiger partial charge in [-0.1, -0.05) is 36.2 Å². The summed E-state index contributed by atoms with van der Waals surface area (Å²) in [7, 11) is 1.65. The van der Waals surface area contributed by atoms with E-state index in [0.717, 1.165) is 46.2 Å². The van der Waals surface area contributed by atoms with Gasteiger partial charge in [0.15, 0.2) is 5.78 Å². The van der Waals surface area contributed by atoms with Crippen molar-refractivity contribution in [1.29, 1.82) is 0 Å². The van der Waals surface area contributed by atoms with Crippen LogP contribution >= 0.6 is 15.9 Å². The minimum atomic E-state index is 0.0881. The van der Waals surface area contributed by atoms with E-state index in [1.54, 1.807) is 7.11 Å². The zero-order valence-corrected chi connectivity index (χ0v) is 14.6. The highest BCUT2D eigenvalue weighted by Gasteiger charge is 2.41. The molecule has 0 aliphatic heterocycles. The molecule has 1 aliphatic rings. The predicted molar refractivity (Wildman–Crippen MR) is 85.6 cm³/mol. The van der Waals surface area contributed by atoms with Gasteiger partial charge in [0.25, 0.3) is 0 Å². The summed E-state index contributed by atoms with van der Waals surface area (Å²) in [4.78, 5) is 13.1. The molecule has 1 fully saturated rings. The van der Waals surface area contributed by atoms with Crippen molar-refractivity contribution in [2.24, 2.45) is 11.3 Å². The average molecular weight is 339 g/mol. The molecule has 1 atom stereocenters. The third-order valence-corrected chi connectivity index (χ3v) is 5.51. The molecule has 0 heterocycles. The molecule has 1 aromatic rings. The molecule has 0 saturated heterocycles. The number of carbonyl (C=O) groups excluding carboxylic acids is 1. The first-order valence-electron chi connectivity index (χ1n) is 7.17. The maximum absolute atomic E-state index is 13.1. The molecule has 2 rings (SSSR count). The van der Waals surface area contributed by atoms with Crippen LogP contribution < -0.4 is 4.74 Å². The van der Waals surface area contributed by atoms with E-state index in [1.165, 1.54) is 0 Å². The summed E-state index contributed by atoms with van der Waals surface area (Å²) in [5, 5.41) is 0. The number of hydrogen-bond acceptors (Lipinski definition) is 2. The molecule has 0 aromatic heterocycles. The molecule has 0 spiro atoms. The molecule has 0 amide bonds. The minimum absolute atomic E-state index is 0.0881. The Balaban J connectivity index is 2.54. The number of benzene rings is 1. The van der Waals surface area contributed by atoms with Crippen molar-refractivity contribution in [3.8, 4) is 5.75 Å². The van der Waals surface area contributed by atoms with Gasteiger partial charge in [0, 0.05) is 10.4 Å². The fourth-order valence-electron chi connectivity index (χ4n) is 3.40. The van der Waals surface area contributed by atoms with Crippen LogP contribution in [0.25, 0.3) is 0 Å². The molecule has 1 saturated carbocycles. The number of ether oxygens (including phenoxy) is 1. The Hall–Kier alpha value is -0.830. The van der Waals surface area contributed by atoms with E-state index in [9.17, 15) is 4.79 Å². The normalized spacial score (nSPS) is 21.0. The summed E-state index contributed by atoms with van der Waals surface area (Å²) in [5.74, 6) is 1.08. The molecule has 2 nitrogen and oxygen atoms in total. The summed E-state index contributed by atoms with van der Waals surface area (Å²) >= 11 is 3.56. The number of methoxy groups -OCH3 is 1. The monoisotopic (exact) mass is 338 g/mol. The van der Waals surface area contributed by atoms with Gasteiger partial charge in [-0.2, -0.15) is 0 Å². The van der Waals surface area contributed by atoms with Gasteiger partial charge >= 0.3 is 0 Å². The van der Waals surface area contributed by atoms with Crippen molar-refractivity contribution in [2.75, 3.05) is 7.11 Å². The van der Waals surface area contributed by atoms with Crippen LogP contribution in [0.5, 0.6) is 5.75 Å². The molecule has 1 aliphatic carbocycles. The zero-order chi connectivity index (χ0) is 15.1. The fraction of sp³-hybridized carbons (Fsp3) is 0.588. The Morgan fingerprint density at radius 2 is 2.05 bits per heavy atom. The van der Waals surface area contributed by atoms with Gasteiger partial charge in [-0.3, -0.25) is 4.79 Å². The van der Waals surface area contributed by atoms with Gasteiger partial charge in [-0.15, -0.1) is 0 Å². The highest BCUT2D eigenvalue weighted by molar-refractivity contribution is 9.10. The van der Waals surface area contributed by atoms with Crippen molar-refractivity contribution >= 4 is 21.7 Å².